The first-order chi connectivity index (χ1) is 15.5. The van der Waals surface area contributed by atoms with E-state index in [1.165, 1.54) is 0 Å². The van der Waals surface area contributed by atoms with Gasteiger partial charge in [-0.3, -0.25) is 4.79 Å². The molecule has 6 heteroatoms. The van der Waals surface area contributed by atoms with Gasteiger partial charge in [0.05, 0.1) is 20.3 Å². The maximum Gasteiger partial charge on any atom is 0.289 e. The summed E-state index contributed by atoms with van der Waals surface area (Å²) in [7, 11) is 3.20. The molecule has 0 unspecified atom stereocenters. The Hall–Kier alpha value is -3.25. The van der Waals surface area contributed by atoms with Gasteiger partial charge < -0.3 is 19.5 Å². The van der Waals surface area contributed by atoms with Crippen LogP contribution in [0.15, 0.2) is 83.0 Å². The molecule has 0 saturated heterocycles. The first-order valence-corrected chi connectivity index (χ1v) is 11.1. The van der Waals surface area contributed by atoms with Crippen LogP contribution < -0.4 is 9.47 Å². The number of ether oxygens (including phenoxy) is 2. The summed E-state index contributed by atoms with van der Waals surface area (Å²) >= 11 is 3.63. The molecule has 164 valence electrons. The molecule has 1 heterocycles. The number of amides is 1. The number of halogens is 1. The summed E-state index contributed by atoms with van der Waals surface area (Å²) in [6.07, 6.45) is 0.600. The monoisotopic (exact) mass is 493 g/mol. The molecule has 0 bridgehead atoms. The predicted molar refractivity (Wildman–Crippen MR) is 128 cm³/mol. The van der Waals surface area contributed by atoms with Gasteiger partial charge in [0.15, 0.2) is 17.3 Å². The standard InChI is InChI=1S/C26H24BrNO4/c1-31-21-13-12-17(16-22(21)32-2)14-15-28-24(19-10-6-7-11-20(19)27)23(25(29)26(28)30)18-8-4-3-5-9-18/h3-13,16,24,29H,14-15H2,1-2H3/t24-/m0/s1. The molecular formula is C26H24BrNO4. The molecular weight excluding hydrogens is 470 g/mol. The van der Waals surface area contributed by atoms with E-state index in [1.54, 1.807) is 19.1 Å². The minimum absolute atomic E-state index is 0.204. The normalized spacial score (nSPS) is 15.9. The Morgan fingerprint density at radius 3 is 2.31 bits per heavy atom. The minimum Gasteiger partial charge on any atom is -0.503 e. The van der Waals surface area contributed by atoms with Gasteiger partial charge in [0.25, 0.3) is 5.91 Å². The number of nitrogens with zero attached hydrogens (tertiary/aromatic N) is 1. The number of carbonyl (C=O) groups excluding carboxylic acids is 1. The molecule has 0 aliphatic carbocycles. The second-order valence-electron chi connectivity index (χ2n) is 7.49. The number of benzene rings is 3. The summed E-state index contributed by atoms with van der Waals surface area (Å²) in [6, 6.07) is 22.7. The van der Waals surface area contributed by atoms with Crippen LogP contribution in [0.1, 0.15) is 22.7 Å². The van der Waals surface area contributed by atoms with E-state index >= 15 is 0 Å². The third-order valence-electron chi connectivity index (χ3n) is 5.68. The van der Waals surface area contributed by atoms with Crippen molar-refractivity contribution in [3.05, 3.63) is 99.7 Å². The minimum atomic E-state index is -0.402. The van der Waals surface area contributed by atoms with E-state index in [9.17, 15) is 9.90 Å². The molecule has 5 nitrogen and oxygen atoms in total. The van der Waals surface area contributed by atoms with Crippen LogP contribution in [0.4, 0.5) is 0 Å². The van der Waals surface area contributed by atoms with Crippen molar-refractivity contribution in [3.63, 3.8) is 0 Å². The van der Waals surface area contributed by atoms with Crippen molar-refractivity contribution in [1.29, 1.82) is 0 Å². The second-order valence-corrected chi connectivity index (χ2v) is 8.34. The summed E-state index contributed by atoms with van der Waals surface area (Å²) < 4.78 is 11.6. The van der Waals surface area contributed by atoms with Crippen molar-refractivity contribution in [1.82, 2.24) is 4.90 Å². The Balaban J connectivity index is 1.70. The number of carbonyl (C=O) groups is 1. The Morgan fingerprint density at radius 2 is 1.62 bits per heavy atom. The summed E-state index contributed by atoms with van der Waals surface area (Å²) in [5, 5.41) is 10.9. The molecule has 0 aromatic heterocycles. The number of aliphatic hydroxyl groups excluding tert-OH is 1. The van der Waals surface area contributed by atoms with Gasteiger partial charge in [0.1, 0.15) is 0 Å². The van der Waals surface area contributed by atoms with Crippen LogP contribution in [0.2, 0.25) is 0 Å². The highest BCUT2D eigenvalue weighted by Gasteiger charge is 2.41. The Bertz CT molecular complexity index is 1160. The van der Waals surface area contributed by atoms with Gasteiger partial charge in [-0.05, 0) is 41.3 Å². The maximum atomic E-state index is 13.2. The molecule has 1 amide bonds. The van der Waals surface area contributed by atoms with Gasteiger partial charge in [0, 0.05) is 16.6 Å². The number of methoxy groups -OCH3 is 2. The van der Waals surface area contributed by atoms with Crippen LogP contribution in [0, 0.1) is 0 Å². The number of hydrogen-bond donors (Lipinski definition) is 1. The van der Waals surface area contributed by atoms with Gasteiger partial charge in [-0.2, -0.15) is 0 Å². The van der Waals surface area contributed by atoms with Crippen molar-refractivity contribution in [2.24, 2.45) is 0 Å². The first kappa shape index (κ1) is 22.0. The molecule has 0 saturated carbocycles. The van der Waals surface area contributed by atoms with Crippen LogP contribution >= 0.6 is 15.9 Å². The van der Waals surface area contributed by atoms with Crippen molar-refractivity contribution < 1.29 is 19.4 Å². The van der Waals surface area contributed by atoms with Crippen molar-refractivity contribution >= 4 is 27.4 Å². The fraction of sp³-hybridized carbons (Fsp3) is 0.192. The average molecular weight is 494 g/mol. The number of rotatable bonds is 7. The third-order valence-corrected chi connectivity index (χ3v) is 6.40. The first-order valence-electron chi connectivity index (χ1n) is 10.3. The van der Waals surface area contributed by atoms with E-state index in [-0.39, 0.29) is 11.7 Å². The molecule has 1 atom stereocenters. The van der Waals surface area contributed by atoms with E-state index in [0.29, 0.717) is 30.0 Å². The van der Waals surface area contributed by atoms with Crippen molar-refractivity contribution in [3.8, 4) is 11.5 Å². The lowest BCUT2D eigenvalue weighted by molar-refractivity contribution is -0.129. The topological polar surface area (TPSA) is 59.0 Å². The smallest absolute Gasteiger partial charge is 0.289 e. The third kappa shape index (κ3) is 4.10. The highest BCUT2D eigenvalue weighted by atomic mass is 79.9. The van der Waals surface area contributed by atoms with Gasteiger partial charge in [-0.15, -0.1) is 0 Å². The van der Waals surface area contributed by atoms with Crippen LogP contribution in [-0.4, -0.2) is 36.7 Å². The van der Waals surface area contributed by atoms with E-state index < -0.39 is 6.04 Å². The van der Waals surface area contributed by atoms with Crippen molar-refractivity contribution in [2.75, 3.05) is 20.8 Å². The SMILES string of the molecule is COc1ccc(CCN2C(=O)C(O)=C(c3ccccc3)[C@@H]2c2ccccc2Br)cc1OC. The molecule has 3 aromatic carbocycles. The van der Waals surface area contributed by atoms with Gasteiger partial charge >= 0.3 is 0 Å². The largest absolute Gasteiger partial charge is 0.503 e. The van der Waals surface area contributed by atoms with Crippen molar-refractivity contribution in [2.45, 2.75) is 12.5 Å². The van der Waals surface area contributed by atoms with Gasteiger partial charge in [-0.25, -0.2) is 0 Å². The average Bonchev–Trinajstić information content (AvgIpc) is 3.08. The quantitative estimate of drug-likeness (QED) is 0.467. The molecule has 3 aromatic rings. The molecule has 4 rings (SSSR count). The Labute approximate surface area is 196 Å². The highest BCUT2D eigenvalue weighted by Crippen LogP contribution is 2.45. The fourth-order valence-corrected chi connectivity index (χ4v) is 4.60. The lowest BCUT2D eigenvalue weighted by Gasteiger charge is -2.28. The lowest BCUT2D eigenvalue weighted by atomic mass is 9.93. The highest BCUT2D eigenvalue weighted by molar-refractivity contribution is 9.10. The van der Waals surface area contributed by atoms with E-state index in [0.717, 1.165) is 21.2 Å². The van der Waals surface area contributed by atoms with E-state index in [1.807, 2.05) is 72.8 Å². The van der Waals surface area contributed by atoms with Crippen LogP contribution in [-0.2, 0) is 11.2 Å². The number of hydrogen-bond acceptors (Lipinski definition) is 4. The van der Waals surface area contributed by atoms with E-state index in [2.05, 4.69) is 15.9 Å². The Morgan fingerprint density at radius 1 is 0.938 bits per heavy atom. The maximum absolute atomic E-state index is 13.2. The Kier molecular flexibility index (Phi) is 6.51. The second kappa shape index (κ2) is 9.49. The van der Waals surface area contributed by atoms with Gasteiger partial charge in [-0.1, -0.05) is 70.5 Å². The molecule has 1 aliphatic rings. The zero-order chi connectivity index (χ0) is 22.7. The molecule has 0 fully saturated rings. The summed E-state index contributed by atoms with van der Waals surface area (Å²) in [4.78, 5) is 14.9. The molecule has 0 spiro atoms. The lowest BCUT2D eigenvalue weighted by Crippen LogP contribution is -2.32. The van der Waals surface area contributed by atoms with Gasteiger partial charge in [0.2, 0.25) is 0 Å². The zero-order valence-corrected chi connectivity index (χ0v) is 19.5. The molecule has 32 heavy (non-hydrogen) atoms. The molecule has 0 radical (unpaired) electrons. The number of aliphatic hydroxyl groups is 1. The summed E-state index contributed by atoms with van der Waals surface area (Å²) in [6.45, 7) is 0.431. The van der Waals surface area contributed by atoms with Crippen LogP contribution in [0.25, 0.3) is 5.57 Å². The molecule has 1 N–H and O–H groups in total. The van der Waals surface area contributed by atoms with Crippen LogP contribution in [0.3, 0.4) is 0 Å². The fourth-order valence-electron chi connectivity index (χ4n) is 4.10. The zero-order valence-electron chi connectivity index (χ0n) is 17.9. The summed E-state index contributed by atoms with van der Waals surface area (Å²) in [5.74, 6) is 0.727. The molecule has 1 aliphatic heterocycles. The summed E-state index contributed by atoms with van der Waals surface area (Å²) in [5.41, 5.74) is 3.38. The van der Waals surface area contributed by atoms with E-state index in [4.69, 9.17) is 9.47 Å². The van der Waals surface area contributed by atoms with Crippen LogP contribution in [0.5, 0.6) is 11.5 Å². The predicted octanol–water partition coefficient (Wildman–Crippen LogP) is 5.56.